The minimum atomic E-state index is -1.84. The third kappa shape index (κ3) is 5.94. The monoisotopic (exact) mass is 326 g/mol. The zero-order chi connectivity index (χ0) is 17.6. The molecule has 0 bridgehead atoms. The molecule has 0 heterocycles. The fourth-order valence-electron chi connectivity index (χ4n) is 2.11. The molecule has 0 aliphatic carbocycles. The number of ether oxygens (including phenoxy) is 1. The standard InChI is InChI=1S/C17H30O4Si/c1-8-22(9-2,10-3)12-11-14(17(7,20)13-18)15(19)21-16(4,5)6/h13-14,20H,8-10H2,1-7H3. The van der Waals surface area contributed by atoms with Crippen LogP contribution in [0.25, 0.3) is 0 Å². The van der Waals surface area contributed by atoms with Crippen molar-refractivity contribution < 1.29 is 19.4 Å². The lowest BCUT2D eigenvalue weighted by Crippen LogP contribution is -2.43. The Labute approximate surface area is 135 Å². The normalized spacial score (nSPS) is 16.0. The fraction of sp³-hybridized carbons (Fsp3) is 0.765. The second kappa shape index (κ2) is 7.93. The Bertz CT molecular complexity index is 439. The second-order valence-corrected chi connectivity index (χ2v) is 11.9. The topological polar surface area (TPSA) is 63.6 Å². The quantitative estimate of drug-likeness (QED) is 0.353. The van der Waals surface area contributed by atoms with Crippen LogP contribution in [0.15, 0.2) is 0 Å². The second-order valence-electron chi connectivity index (χ2n) is 6.92. The van der Waals surface area contributed by atoms with Crippen molar-refractivity contribution in [2.45, 2.75) is 77.8 Å². The zero-order valence-corrected chi connectivity index (χ0v) is 15.9. The highest BCUT2D eigenvalue weighted by atomic mass is 28.3. The van der Waals surface area contributed by atoms with E-state index in [-0.39, 0.29) is 0 Å². The van der Waals surface area contributed by atoms with E-state index in [9.17, 15) is 14.7 Å². The molecule has 0 saturated carbocycles. The van der Waals surface area contributed by atoms with E-state index in [1.807, 2.05) is 0 Å². The van der Waals surface area contributed by atoms with Gasteiger partial charge in [-0.25, -0.2) is 0 Å². The van der Waals surface area contributed by atoms with Crippen LogP contribution in [-0.4, -0.2) is 36.6 Å². The molecule has 2 atom stereocenters. The first kappa shape index (κ1) is 20.9. The maximum absolute atomic E-state index is 12.3. The molecule has 0 radical (unpaired) electrons. The molecular weight excluding hydrogens is 296 g/mol. The molecule has 0 aliphatic heterocycles. The van der Waals surface area contributed by atoms with Crippen LogP contribution in [0.3, 0.4) is 0 Å². The first-order valence-corrected chi connectivity index (χ1v) is 10.5. The molecule has 2 unspecified atom stereocenters. The molecule has 22 heavy (non-hydrogen) atoms. The van der Waals surface area contributed by atoms with Gasteiger partial charge in [0.2, 0.25) is 0 Å². The predicted octanol–water partition coefficient (Wildman–Crippen LogP) is 2.95. The molecule has 0 aromatic heterocycles. The molecule has 0 saturated heterocycles. The van der Waals surface area contributed by atoms with E-state index in [0.29, 0.717) is 6.29 Å². The van der Waals surface area contributed by atoms with Gasteiger partial charge in [-0.15, -0.1) is 5.54 Å². The number of hydrogen-bond donors (Lipinski definition) is 1. The maximum Gasteiger partial charge on any atom is 0.325 e. The van der Waals surface area contributed by atoms with Gasteiger partial charge in [-0.2, -0.15) is 0 Å². The van der Waals surface area contributed by atoms with Gasteiger partial charge in [0.25, 0.3) is 0 Å². The molecule has 0 rings (SSSR count). The van der Waals surface area contributed by atoms with E-state index in [1.54, 1.807) is 20.8 Å². The Balaban J connectivity index is 5.66. The average Bonchev–Trinajstić information content (AvgIpc) is 2.42. The van der Waals surface area contributed by atoms with Gasteiger partial charge in [-0.05, 0) is 45.8 Å². The molecule has 4 nitrogen and oxygen atoms in total. The van der Waals surface area contributed by atoms with E-state index in [1.165, 1.54) is 6.92 Å². The van der Waals surface area contributed by atoms with Gasteiger partial charge >= 0.3 is 5.97 Å². The number of aldehydes is 1. The summed E-state index contributed by atoms with van der Waals surface area (Å²) in [6.07, 6.45) is 0.364. The summed E-state index contributed by atoms with van der Waals surface area (Å²) < 4.78 is 5.31. The number of carbonyl (C=O) groups excluding carboxylic acids is 2. The van der Waals surface area contributed by atoms with Crippen molar-refractivity contribution >= 4 is 20.3 Å². The molecule has 0 spiro atoms. The predicted molar refractivity (Wildman–Crippen MR) is 91.0 cm³/mol. The van der Waals surface area contributed by atoms with E-state index in [2.05, 4.69) is 32.2 Å². The summed E-state index contributed by atoms with van der Waals surface area (Å²) in [4.78, 5) is 23.5. The summed E-state index contributed by atoms with van der Waals surface area (Å²) in [5.41, 5.74) is 0.726. The van der Waals surface area contributed by atoms with Gasteiger partial charge in [0, 0.05) is 0 Å². The number of rotatable bonds is 6. The molecule has 0 aromatic rings. The molecule has 1 N–H and O–H groups in total. The van der Waals surface area contributed by atoms with Gasteiger partial charge in [-0.1, -0.05) is 26.7 Å². The van der Waals surface area contributed by atoms with Gasteiger partial charge in [0.05, 0.1) is 0 Å². The van der Waals surface area contributed by atoms with Crippen molar-refractivity contribution in [2.24, 2.45) is 5.92 Å². The molecule has 126 valence electrons. The fourth-order valence-corrected chi connectivity index (χ4v) is 4.59. The zero-order valence-electron chi connectivity index (χ0n) is 14.9. The van der Waals surface area contributed by atoms with Crippen LogP contribution in [-0.2, 0) is 14.3 Å². The Hall–Kier alpha value is -1.12. The van der Waals surface area contributed by atoms with E-state index in [0.717, 1.165) is 18.1 Å². The van der Waals surface area contributed by atoms with Gasteiger partial charge in [0.15, 0.2) is 12.2 Å². The van der Waals surface area contributed by atoms with E-state index < -0.39 is 31.2 Å². The van der Waals surface area contributed by atoms with Crippen LogP contribution in [0.1, 0.15) is 48.5 Å². The Morgan fingerprint density at radius 3 is 1.95 bits per heavy atom. The van der Waals surface area contributed by atoms with Crippen LogP contribution in [0.5, 0.6) is 0 Å². The molecule has 5 heteroatoms. The van der Waals surface area contributed by atoms with Crippen molar-refractivity contribution in [2.75, 3.05) is 0 Å². The highest BCUT2D eigenvalue weighted by Gasteiger charge is 2.39. The van der Waals surface area contributed by atoms with Crippen molar-refractivity contribution in [3.05, 3.63) is 0 Å². The van der Waals surface area contributed by atoms with Crippen LogP contribution in [0.2, 0.25) is 18.1 Å². The summed E-state index contributed by atoms with van der Waals surface area (Å²) in [5.74, 6) is 1.08. The number of esters is 1. The summed E-state index contributed by atoms with van der Waals surface area (Å²) in [6, 6.07) is 2.95. The van der Waals surface area contributed by atoms with Gasteiger partial charge in [-0.3, -0.25) is 4.79 Å². The molecule has 0 aliphatic rings. The third-order valence-electron chi connectivity index (χ3n) is 3.98. The smallest absolute Gasteiger partial charge is 0.325 e. The molecule has 0 aromatic carbocycles. The van der Waals surface area contributed by atoms with Crippen LogP contribution < -0.4 is 0 Å². The van der Waals surface area contributed by atoms with E-state index >= 15 is 0 Å². The molecule has 0 fully saturated rings. The SMILES string of the molecule is CC[Si](C#CC(C(=O)OC(C)(C)C)C(C)(O)C=O)(CC)CC. The summed E-state index contributed by atoms with van der Waals surface area (Å²) in [5, 5.41) is 10.2. The number of aliphatic hydroxyl groups is 1. The van der Waals surface area contributed by atoms with Crippen molar-refractivity contribution in [3.8, 4) is 11.5 Å². The number of carbonyl (C=O) groups is 2. The van der Waals surface area contributed by atoms with Crippen molar-refractivity contribution in [1.29, 1.82) is 0 Å². The molecule has 0 amide bonds. The van der Waals surface area contributed by atoms with Crippen molar-refractivity contribution in [3.63, 3.8) is 0 Å². The van der Waals surface area contributed by atoms with Gasteiger partial charge in [0.1, 0.15) is 19.3 Å². The largest absolute Gasteiger partial charge is 0.459 e. The lowest BCUT2D eigenvalue weighted by atomic mass is 9.91. The first-order chi connectivity index (χ1) is 9.97. The Kier molecular flexibility index (Phi) is 7.53. The van der Waals surface area contributed by atoms with Crippen LogP contribution in [0.4, 0.5) is 0 Å². The number of hydrogen-bond acceptors (Lipinski definition) is 4. The van der Waals surface area contributed by atoms with E-state index in [4.69, 9.17) is 4.74 Å². The summed E-state index contributed by atoms with van der Waals surface area (Å²) in [6.45, 7) is 12.9. The first-order valence-electron chi connectivity index (χ1n) is 7.91. The molecular formula is C17H30O4Si. The van der Waals surface area contributed by atoms with Crippen LogP contribution >= 0.6 is 0 Å². The van der Waals surface area contributed by atoms with Gasteiger partial charge < -0.3 is 14.6 Å². The summed E-state index contributed by atoms with van der Waals surface area (Å²) in [7, 11) is -1.77. The lowest BCUT2D eigenvalue weighted by Gasteiger charge is -2.27. The highest BCUT2D eigenvalue weighted by Crippen LogP contribution is 2.23. The summed E-state index contributed by atoms with van der Waals surface area (Å²) >= 11 is 0. The maximum atomic E-state index is 12.3. The third-order valence-corrected chi connectivity index (χ3v) is 8.71. The van der Waals surface area contributed by atoms with Crippen LogP contribution in [0, 0.1) is 17.4 Å². The lowest BCUT2D eigenvalue weighted by molar-refractivity contribution is -0.166. The Morgan fingerprint density at radius 2 is 1.64 bits per heavy atom. The van der Waals surface area contributed by atoms with Crippen molar-refractivity contribution in [1.82, 2.24) is 0 Å². The highest BCUT2D eigenvalue weighted by molar-refractivity contribution is 6.87. The Morgan fingerprint density at radius 1 is 1.18 bits per heavy atom. The minimum Gasteiger partial charge on any atom is -0.459 e. The average molecular weight is 327 g/mol. The minimum absolute atomic E-state index is 0.364.